The van der Waals surface area contributed by atoms with Crippen molar-refractivity contribution in [3.8, 4) is 5.69 Å². The number of aromatic nitrogens is 3. The van der Waals surface area contributed by atoms with Gasteiger partial charge < -0.3 is 5.32 Å². The summed E-state index contributed by atoms with van der Waals surface area (Å²) in [7, 11) is 0. The van der Waals surface area contributed by atoms with Crippen molar-refractivity contribution < 1.29 is 4.39 Å². The Balaban J connectivity index is 2.28. The Labute approximate surface area is 116 Å². The number of rotatable bonds is 3. The molecule has 1 heterocycles. The monoisotopic (exact) mass is 282 g/mol. The number of halogens is 2. The molecule has 2 aromatic rings. The maximum Gasteiger partial charge on any atom is 0.126 e. The van der Waals surface area contributed by atoms with E-state index in [9.17, 15) is 4.39 Å². The zero-order chi connectivity index (χ0) is 14.0. The van der Waals surface area contributed by atoms with Crippen molar-refractivity contribution in [3.63, 3.8) is 0 Å². The van der Waals surface area contributed by atoms with E-state index in [4.69, 9.17) is 11.6 Å². The van der Waals surface area contributed by atoms with E-state index in [0.717, 1.165) is 5.69 Å². The lowest BCUT2D eigenvalue weighted by Crippen LogP contribution is -2.35. The molecule has 0 bridgehead atoms. The van der Waals surface area contributed by atoms with Gasteiger partial charge in [0.2, 0.25) is 0 Å². The predicted octanol–water partition coefficient (Wildman–Crippen LogP) is 2.95. The zero-order valence-corrected chi connectivity index (χ0v) is 11.9. The van der Waals surface area contributed by atoms with Crippen molar-refractivity contribution in [2.45, 2.75) is 32.9 Å². The first-order valence-corrected chi connectivity index (χ1v) is 6.34. The Morgan fingerprint density at radius 2 is 2.05 bits per heavy atom. The Morgan fingerprint density at radius 1 is 1.32 bits per heavy atom. The van der Waals surface area contributed by atoms with Gasteiger partial charge in [-0.25, -0.2) is 9.07 Å². The van der Waals surface area contributed by atoms with Crippen LogP contribution in [0.25, 0.3) is 5.69 Å². The number of nitrogens with one attached hydrogen (secondary N) is 1. The van der Waals surface area contributed by atoms with E-state index >= 15 is 0 Å². The van der Waals surface area contributed by atoms with Gasteiger partial charge in [0, 0.05) is 17.1 Å². The lowest BCUT2D eigenvalue weighted by Gasteiger charge is -2.20. The van der Waals surface area contributed by atoms with E-state index < -0.39 is 5.82 Å². The molecule has 19 heavy (non-hydrogen) atoms. The van der Waals surface area contributed by atoms with Gasteiger partial charge in [-0.2, -0.15) is 0 Å². The standard InChI is InChI=1S/C13H16ClFN4/c1-13(2,3)16-7-12-8-17-18-19(12)11-5-9(14)4-10(15)6-11/h4-6,8,16H,7H2,1-3H3. The summed E-state index contributed by atoms with van der Waals surface area (Å²) in [6.45, 7) is 6.80. The van der Waals surface area contributed by atoms with Gasteiger partial charge in [-0.15, -0.1) is 5.10 Å². The molecule has 1 aromatic carbocycles. The normalized spacial score (nSPS) is 11.8. The highest BCUT2D eigenvalue weighted by molar-refractivity contribution is 6.30. The number of hydrogen-bond donors (Lipinski definition) is 1. The van der Waals surface area contributed by atoms with Crippen molar-refractivity contribution >= 4 is 11.6 Å². The number of nitrogens with zero attached hydrogens (tertiary/aromatic N) is 3. The quantitative estimate of drug-likeness (QED) is 0.941. The summed E-state index contributed by atoms with van der Waals surface area (Å²) in [6.07, 6.45) is 1.65. The summed E-state index contributed by atoms with van der Waals surface area (Å²) in [5.41, 5.74) is 1.39. The Hall–Kier alpha value is -1.46. The second-order valence-corrected chi connectivity index (χ2v) is 5.80. The Kier molecular flexibility index (Phi) is 3.87. The highest BCUT2D eigenvalue weighted by Crippen LogP contribution is 2.18. The Morgan fingerprint density at radius 3 is 2.68 bits per heavy atom. The lowest BCUT2D eigenvalue weighted by atomic mass is 10.1. The van der Waals surface area contributed by atoms with Crippen LogP contribution in [0.2, 0.25) is 5.02 Å². The molecule has 0 saturated carbocycles. The average molecular weight is 283 g/mol. The van der Waals surface area contributed by atoms with Gasteiger partial charge in [0.25, 0.3) is 0 Å². The molecule has 6 heteroatoms. The minimum absolute atomic E-state index is 0.0192. The van der Waals surface area contributed by atoms with E-state index in [1.807, 2.05) is 0 Å². The van der Waals surface area contributed by atoms with E-state index in [1.165, 1.54) is 12.1 Å². The fraction of sp³-hybridized carbons (Fsp3) is 0.385. The fourth-order valence-electron chi connectivity index (χ4n) is 1.61. The first-order chi connectivity index (χ1) is 8.85. The molecule has 0 spiro atoms. The molecule has 1 aromatic heterocycles. The molecule has 1 N–H and O–H groups in total. The summed E-state index contributed by atoms with van der Waals surface area (Å²) in [6, 6.07) is 4.29. The third-order valence-electron chi connectivity index (χ3n) is 2.51. The summed E-state index contributed by atoms with van der Waals surface area (Å²) in [4.78, 5) is 0. The molecule has 0 saturated heterocycles. The SMILES string of the molecule is CC(C)(C)NCc1cnnn1-c1cc(F)cc(Cl)c1. The van der Waals surface area contributed by atoms with Crippen LogP contribution in [0.3, 0.4) is 0 Å². The summed E-state index contributed by atoms with van der Waals surface area (Å²) < 4.78 is 14.9. The summed E-state index contributed by atoms with van der Waals surface area (Å²) in [5.74, 6) is -0.396. The van der Waals surface area contributed by atoms with Crippen LogP contribution in [0.4, 0.5) is 4.39 Å². The molecule has 0 aliphatic carbocycles. The van der Waals surface area contributed by atoms with E-state index in [2.05, 4.69) is 36.4 Å². The predicted molar refractivity (Wildman–Crippen MR) is 72.9 cm³/mol. The molecule has 0 fully saturated rings. The van der Waals surface area contributed by atoms with Gasteiger partial charge >= 0.3 is 0 Å². The molecular weight excluding hydrogens is 267 g/mol. The topological polar surface area (TPSA) is 42.7 Å². The van der Waals surface area contributed by atoms with Crippen LogP contribution in [-0.2, 0) is 6.54 Å². The molecule has 2 rings (SSSR count). The van der Waals surface area contributed by atoms with Gasteiger partial charge in [0.1, 0.15) is 5.82 Å². The van der Waals surface area contributed by atoms with Gasteiger partial charge in [-0.05, 0) is 39.0 Å². The van der Waals surface area contributed by atoms with Crippen LogP contribution >= 0.6 is 11.6 Å². The van der Waals surface area contributed by atoms with Crippen molar-refractivity contribution in [3.05, 3.63) is 40.9 Å². The molecular formula is C13H16ClFN4. The maximum atomic E-state index is 13.4. The van der Waals surface area contributed by atoms with Gasteiger partial charge in [-0.3, -0.25) is 0 Å². The average Bonchev–Trinajstić information content (AvgIpc) is 2.72. The van der Waals surface area contributed by atoms with E-state index in [-0.39, 0.29) is 5.54 Å². The second-order valence-electron chi connectivity index (χ2n) is 5.37. The van der Waals surface area contributed by atoms with Crippen molar-refractivity contribution in [2.75, 3.05) is 0 Å². The van der Waals surface area contributed by atoms with Crippen LogP contribution in [0.1, 0.15) is 26.5 Å². The first-order valence-electron chi connectivity index (χ1n) is 5.96. The maximum absolute atomic E-state index is 13.4. The van der Waals surface area contributed by atoms with Crippen LogP contribution in [0.15, 0.2) is 24.4 Å². The highest BCUT2D eigenvalue weighted by Gasteiger charge is 2.13. The van der Waals surface area contributed by atoms with Gasteiger partial charge in [0.15, 0.2) is 0 Å². The molecule has 0 unspecified atom stereocenters. The fourth-order valence-corrected chi connectivity index (χ4v) is 1.83. The highest BCUT2D eigenvalue weighted by atomic mass is 35.5. The molecule has 0 aliphatic rings. The van der Waals surface area contributed by atoms with Crippen molar-refractivity contribution in [1.29, 1.82) is 0 Å². The smallest absolute Gasteiger partial charge is 0.126 e. The molecule has 4 nitrogen and oxygen atoms in total. The van der Waals surface area contributed by atoms with Crippen molar-refractivity contribution in [1.82, 2.24) is 20.3 Å². The van der Waals surface area contributed by atoms with Gasteiger partial charge in [-0.1, -0.05) is 16.8 Å². The van der Waals surface area contributed by atoms with E-state index in [0.29, 0.717) is 17.3 Å². The third kappa shape index (κ3) is 3.75. The van der Waals surface area contributed by atoms with Gasteiger partial charge in [0.05, 0.1) is 17.6 Å². The molecule has 0 radical (unpaired) electrons. The molecule has 0 aliphatic heterocycles. The first kappa shape index (κ1) is 14.0. The molecule has 0 atom stereocenters. The van der Waals surface area contributed by atoms with Crippen LogP contribution in [0.5, 0.6) is 0 Å². The van der Waals surface area contributed by atoms with E-state index in [1.54, 1.807) is 16.9 Å². The van der Waals surface area contributed by atoms with Crippen LogP contribution in [-0.4, -0.2) is 20.5 Å². The van der Waals surface area contributed by atoms with Crippen molar-refractivity contribution in [2.24, 2.45) is 0 Å². The minimum atomic E-state index is -0.396. The second kappa shape index (κ2) is 5.27. The summed E-state index contributed by atoms with van der Waals surface area (Å²) >= 11 is 5.85. The van der Waals surface area contributed by atoms with Crippen LogP contribution < -0.4 is 5.32 Å². The third-order valence-corrected chi connectivity index (χ3v) is 2.73. The summed E-state index contributed by atoms with van der Waals surface area (Å²) in [5, 5.41) is 11.5. The molecule has 0 amide bonds. The number of benzene rings is 1. The lowest BCUT2D eigenvalue weighted by molar-refractivity contribution is 0.418. The number of hydrogen-bond acceptors (Lipinski definition) is 3. The molecule has 102 valence electrons. The minimum Gasteiger partial charge on any atom is -0.306 e. The zero-order valence-electron chi connectivity index (χ0n) is 11.1. The largest absolute Gasteiger partial charge is 0.306 e. The Bertz CT molecular complexity index is 554. The van der Waals surface area contributed by atoms with Crippen LogP contribution in [0, 0.1) is 5.82 Å².